The van der Waals surface area contributed by atoms with Crippen LogP contribution in [0.2, 0.25) is 0 Å². The largest absolute Gasteiger partial charge is 0.364 e. The maximum absolute atomic E-state index is 12.7. The van der Waals surface area contributed by atoms with Gasteiger partial charge in [-0.2, -0.15) is 0 Å². The molecule has 1 aromatic carbocycles. The van der Waals surface area contributed by atoms with Crippen LogP contribution in [0.1, 0.15) is 27.6 Å². The van der Waals surface area contributed by atoms with Crippen LogP contribution in [0, 0.1) is 0 Å². The lowest BCUT2D eigenvalue weighted by Gasteiger charge is -2.37. The Kier molecular flexibility index (Phi) is 3.83. The van der Waals surface area contributed by atoms with E-state index in [0.717, 1.165) is 32.7 Å². The SMILES string of the molecule is CCN1CCN(C2=C(Cl)C(=O)c3ccccc3C2=O)CC1. The predicted molar refractivity (Wildman–Crippen MR) is 81.7 cm³/mol. The molecule has 5 heteroatoms. The Morgan fingerprint density at radius 3 is 2.14 bits per heavy atom. The number of ketones is 2. The highest BCUT2D eigenvalue weighted by molar-refractivity contribution is 6.49. The van der Waals surface area contributed by atoms with Gasteiger partial charge in [0.1, 0.15) is 10.7 Å². The van der Waals surface area contributed by atoms with E-state index in [4.69, 9.17) is 11.6 Å². The molecule has 0 unspecified atom stereocenters. The molecule has 0 radical (unpaired) electrons. The summed E-state index contributed by atoms with van der Waals surface area (Å²) in [6.07, 6.45) is 0. The van der Waals surface area contributed by atoms with Crippen molar-refractivity contribution in [3.63, 3.8) is 0 Å². The molecule has 110 valence electrons. The van der Waals surface area contributed by atoms with Gasteiger partial charge in [0.25, 0.3) is 0 Å². The van der Waals surface area contributed by atoms with Crippen LogP contribution in [0.15, 0.2) is 35.0 Å². The van der Waals surface area contributed by atoms with Gasteiger partial charge in [0, 0.05) is 37.3 Å². The number of Topliss-reactive ketones (excluding diaryl/α,β-unsaturated/α-hetero) is 2. The molecule has 1 fully saturated rings. The van der Waals surface area contributed by atoms with Crippen LogP contribution in [-0.4, -0.2) is 54.1 Å². The van der Waals surface area contributed by atoms with Gasteiger partial charge in [-0.15, -0.1) is 0 Å². The quantitative estimate of drug-likeness (QED) is 0.839. The predicted octanol–water partition coefficient (Wildman–Crippen LogP) is 2.15. The minimum atomic E-state index is -0.250. The van der Waals surface area contributed by atoms with Gasteiger partial charge >= 0.3 is 0 Å². The topological polar surface area (TPSA) is 40.6 Å². The maximum Gasteiger partial charge on any atom is 0.211 e. The van der Waals surface area contributed by atoms with Crippen molar-refractivity contribution in [1.29, 1.82) is 0 Å². The molecule has 1 aliphatic carbocycles. The number of benzene rings is 1. The molecule has 1 saturated heterocycles. The number of piperazine rings is 1. The number of allylic oxidation sites excluding steroid dienone is 2. The van der Waals surface area contributed by atoms with E-state index in [1.807, 2.05) is 4.90 Å². The maximum atomic E-state index is 12.7. The van der Waals surface area contributed by atoms with Crippen molar-refractivity contribution in [2.75, 3.05) is 32.7 Å². The van der Waals surface area contributed by atoms with E-state index in [0.29, 0.717) is 16.8 Å². The van der Waals surface area contributed by atoms with E-state index in [9.17, 15) is 9.59 Å². The highest BCUT2D eigenvalue weighted by Crippen LogP contribution is 2.30. The first-order valence-corrected chi connectivity index (χ1v) is 7.56. The fraction of sp³-hybridized carbons (Fsp3) is 0.375. The van der Waals surface area contributed by atoms with E-state index in [1.165, 1.54) is 0 Å². The molecule has 0 spiro atoms. The summed E-state index contributed by atoms with van der Waals surface area (Å²) >= 11 is 6.21. The van der Waals surface area contributed by atoms with Crippen LogP contribution in [0.4, 0.5) is 0 Å². The number of halogens is 1. The van der Waals surface area contributed by atoms with Crippen LogP contribution in [0.25, 0.3) is 0 Å². The summed E-state index contributed by atoms with van der Waals surface area (Å²) in [7, 11) is 0. The van der Waals surface area contributed by atoms with E-state index in [1.54, 1.807) is 24.3 Å². The minimum absolute atomic E-state index is 0.0589. The van der Waals surface area contributed by atoms with Crippen LogP contribution < -0.4 is 0 Å². The number of rotatable bonds is 2. The summed E-state index contributed by atoms with van der Waals surface area (Å²) in [5.74, 6) is -0.389. The third-order valence-electron chi connectivity index (χ3n) is 4.17. The zero-order valence-electron chi connectivity index (χ0n) is 11.9. The Bertz CT molecular complexity index is 631. The highest BCUT2D eigenvalue weighted by Gasteiger charge is 2.35. The first kappa shape index (κ1) is 14.3. The molecule has 0 aromatic heterocycles. The Hall–Kier alpha value is -1.65. The molecule has 1 heterocycles. The van der Waals surface area contributed by atoms with Gasteiger partial charge in [0.05, 0.1) is 0 Å². The van der Waals surface area contributed by atoms with E-state index in [-0.39, 0.29) is 16.6 Å². The zero-order valence-corrected chi connectivity index (χ0v) is 12.7. The van der Waals surface area contributed by atoms with E-state index in [2.05, 4.69) is 11.8 Å². The molecule has 1 aliphatic heterocycles. The van der Waals surface area contributed by atoms with Crippen molar-refractivity contribution < 1.29 is 9.59 Å². The number of hydrogen-bond acceptors (Lipinski definition) is 4. The molecule has 4 nitrogen and oxygen atoms in total. The van der Waals surface area contributed by atoms with Crippen molar-refractivity contribution >= 4 is 23.2 Å². The molecule has 21 heavy (non-hydrogen) atoms. The molecular formula is C16H17ClN2O2. The minimum Gasteiger partial charge on any atom is -0.364 e. The van der Waals surface area contributed by atoms with Gasteiger partial charge in [-0.3, -0.25) is 9.59 Å². The Morgan fingerprint density at radius 1 is 1.00 bits per heavy atom. The Balaban J connectivity index is 1.94. The second kappa shape index (κ2) is 5.62. The fourth-order valence-electron chi connectivity index (χ4n) is 2.90. The van der Waals surface area contributed by atoms with Crippen LogP contribution in [0.5, 0.6) is 0 Å². The molecule has 0 amide bonds. The second-order valence-electron chi connectivity index (χ2n) is 5.29. The van der Waals surface area contributed by atoms with Crippen LogP contribution >= 0.6 is 11.6 Å². The lowest BCUT2D eigenvalue weighted by Crippen LogP contribution is -2.47. The van der Waals surface area contributed by atoms with Crippen LogP contribution in [0.3, 0.4) is 0 Å². The van der Waals surface area contributed by atoms with E-state index < -0.39 is 0 Å². The summed E-state index contributed by atoms with van der Waals surface area (Å²) in [6, 6.07) is 6.88. The van der Waals surface area contributed by atoms with Gasteiger partial charge in [0.2, 0.25) is 11.6 Å². The summed E-state index contributed by atoms with van der Waals surface area (Å²) in [6.45, 7) is 6.32. The molecule has 3 rings (SSSR count). The van der Waals surface area contributed by atoms with Crippen molar-refractivity contribution in [3.8, 4) is 0 Å². The second-order valence-corrected chi connectivity index (χ2v) is 5.67. The molecule has 1 aromatic rings. The van der Waals surface area contributed by atoms with Crippen molar-refractivity contribution in [1.82, 2.24) is 9.80 Å². The number of nitrogens with zero attached hydrogens (tertiary/aromatic N) is 2. The van der Waals surface area contributed by atoms with Crippen molar-refractivity contribution in [2.24, 2.45) is 0 Å². The standard InChI is InChI=1S/C16H17ClN2O2/c1-2-18-7-9-19(10-8-18)14-13(17)15(20)11-5-3-4-6-12(11)16(14)21/h3-6H,2,7-10H2,1H3. The first-order valence-electron chi connectivity index (χ1n) is 7.19. The lowest BCUT2D eigenvalue weighted by atomic mass is 9.91. The van der Waals surface area contributed by atoms with Crippen LogP contribution in [-0.2, 0) is 0 Å². The van der Waals surface area contributed by atoms with Gasteiger partial charge in [-0.25, -0.2) is 0 Å². The van der Waals surface area contributed by atoms with E-state index >= 15 is 0 Å². The van der Waals surface area contributed by atoms with Gasteiger partial charge in [0.15, 0.2) is 0 Å². The number of hydrogen-bond donors (Lipinski definition) is 0. The number of likely N-dealkylation sites (N-methyl/N-ethyl adjacent to an activating group) is 1. The normalized spacial score (nSPS) is 20.0. The zero-order chi connectivity index (χ0) is 15.0. The molecule has 0 atom stereocenters. The highest BCUT2D eigenvalue weighted by atomic mass is 35.5. The molecular weight excluding hydrogens is 288 g/mol. The molecule has 0 bridgehead atoms. The Labute approximate surface area is 129 Å². The summed E-state index contributed by atoms with van der Waals surface area (Å²) in [5, 5.41) is 0.0589. The van der Waals surface area contributed by atoms with Crippen molar-refractivity contribution in [3.05, 3.63) is 46.1 Å². The smallest absolute Gasteiger partial charge is 0.211 e. The van der Waals surface area contributed by atoms with Crippen molar-refractivity contribution in [2.45, 2.75) is 6.92 Å². The third kappa shape index (κ3) is 2.39. The van der Waals surface area contributed by atoms with Gasteiger partial charge in [-0.1, -0.05) is 42.8 Å². The molecule has 0 N–H and O–H groups in total. The average Bonchev–Trinajstić information content (AvgIpc) is 2.53. The number of carbonyl (C=O) groups is 2. The average molecular weight is 305 g/mol. The summed E-state index contributed by atoms with van der Waals surface area (Å²) < 4.78 is 0. The Morgan fingerprint density at radius 2 is 1.57 bits per heavy atom. The number of fused-ring (bicyclic) bond motifs is 1. The fourth-order valence-corrected chi connectivity index (χ4v) is 3.21. The summed E-state index contributed by atoms with van der Waals surface area (Å²) in [4.78, 5) is 29.3. The summed E-state index contributed by atoms with van der Waals surface area (Å²) in [5.41, 5.74) is 1.24. The monoisotopic (exact) mass is 304 g/mol. The van der Waals surface area contributed by atoms with Gasteiger partial charge in [-0.05, 0) is 6.54 Å². The van der Waals surface area contributed by atoms with Gasteiger partial charge < -0.3 is 9.80 Å². The molecule has 2 aliphatic rings. The molecule has 0 saturated carbocycles. The third-order valence-corrected chi connectivity index (χ3v) is 4.53. The lowest BCUT2D eigenvalue weighted by molar-refractivity contribution is 0.0914. The first-order chi connectivity index (χ1) is 10.1. The number of carbonyl (C=O) groups excluding carboxylic acids is 2.